The van der Waals surface area contributed by atoms with E-state index in [2.05, 4.69) is 13.8 Å². The third-order valence-corrected chi connectivity index (χ3v) is 4.57. The van der Waals surface area contributed by atoms with E-state index in [9.17, 15) is 0 Å². The summed E-state index contributed by atoms with van der Waals surface area (Å²) in [5, 5.41) is 0. The summed E-state index contributed by atoms with van der Waals surface area (Å²) in [6.45, 7) is 6.45. The zero-order valence-corrected chi connectivity index (χ0v) is 11.6. The first-order valence-electron chi connectivity index (χ1n) is 5.52. The third-order valence-electron chi connectivity index (χ3n) is 2.06. The molecule has 14 heavy (non-hydrogen) atoms. The van der Waals surface area contributed by atoms with Crippen LogP contribution in [-0.2, 0) is 9.47 Å². The van der Waals surface area contributed by atoms with Crippen LogP contribution in [0.15, 0.2) is 0 Å². The second-order valence-electron chi connectivity index (χ2n) is 3.69. The fourth-order valence-electron chi connectivity index (χ4n) is 1.03. The monoisotopic (exact) mass is 232 g/mol. The number of ether oxygens (including phenoxy) is 2. The molecule has 0 aromatic heterocycles. The maximum Gasteiger partial charge on any atom is 0.504 e. The Morgan fingerprint density at radius 2 is 1.86 bits per heavy atom. The Hall–Kier alpha value is 0.976. The van der Waals surface area contributed by atoms with Crippen LogP contribution in [0.2, 0.25) is 4.05 Å². The highest BCUT2D eigenvalue weighted by Gasteiger charge is 2.03. The van der Waals surface area contributed by atoms with Crippen molar-refractivity contribution in [3.63, 3.8) is 0 Å². The summed E-state index contributed by atoms with van der Waals surface area (Å²) in [5.41, 5.74) is 0. The second-order valence-corrected chi connectivity index (χ2v) is 6.32. The highest BCUT2D eigenvalue weighted by Crippen LogP contribution is 2.11. The van der Waals surface area contributed by atoms with E-state index < -0.39 is 0 Å². The van der Waals surface area contributed by atoms with Crippen LogP contribution in [-0.4, -0.2) is 39.3 Å². The maximum atomic E-state index is 5.82. The molecular weight excluding hydrogens is 212 g/mol. The molecule has 0 amide bonds. The van der Waals surface area contributed by atoms with Gasteiger partial charge in [0.15, 0.2) is 0 Å². The van der Waals surface area contributed by atoms with Gasteiger partial charge in [0.05, 0.1) is 0 Å². The van der Waals surface area contributed by atoms with Crippen LogP contribution in [0.5, 0.6) is 0 Å². The first-order chi connectivity index (χ1) is 6.81. The molecule has 0 aliphatic heterocycles. The van der Waals surface area contributed by atoms with Crippen molar-refractivity contribution in [2.45, 2.75) is 43.6 Å². The summed E-state index contributed by atoms with van der Waals surface area (Å²) >= 11 is -0.327. The fourth-order valence-corrected chi connectivity index (χ4v) is 1.94. The molecule has 0 rings (SSSR count). The van der Waals surface area contributed by atoms with Gasteiger partial charge < -0.3 is 18.5 Å². The summed E-state index contributed by atoms with van der Waals surface area (Å²) in [7, 11) is 5.82. The fraction of sp³-hybridized carbons (Fsp3) is 1.00. The number of halogens is 1. The summed E-state index contributed by atoms with van der Waals surface area (Å²) < 4.78 is 11.3. The average Bonchev–Trinajstić information content (AvgIpc) is 2.21. The van der Waals surface area contributed by atoms with Crippen molar-refractivity contribution < 1.29 is 9.47 Å². The standard InChI is InChI=1S/C10H21O2.ClH.Mg/c1-3-5-7-9-12-10-11-8-6-4-2;;/h3H,4-10H2,1-2H3;1H;/q;;+1/p-1. The lowest BCUT2D eigenvalue weighted by Gasteiger charge is -2.07. The molecule has 82 valence electrons. The Morgan fingerprint density at radius 1 is 1.21 bits per heavy atom. The van der Waals surface area contributed by atoms with Crippen LogP contribution < -0.4 is 0 Å². The highest BCUT2D eigenvalue weighted by atomic mass is 35.5. The Balaban J connectivity index is 2.92. The van der Waals surface area contributed by atoms with Gasteiger partial charge in [0.25, 0.3) is 0 Å². The summed E-state index contributed by atoms with van der Waals surface area (Å²) in [5.74, 6) is 0. The molecule has 0 saturated carbocycles. The van der Waals surface area contributed by atoms with Crippen molar-refractivity contribution in [3.05, 3.63) is 0 Å². The minimum absolute atomic E-state index is 0.327. The van der Waals surface area contributed by atoms with Crippen molar-refractivity contribution in [1.82, 2.24) is 0 Å². The Bertz CT molecular complexity index is 114. The van der Waals surface area contributed by atoms with E-state index in [0.29, 0.717) is 6.79 Å². The van der Waals surface area contributed by atoms with Crippen LogP contribution in [0, 0.1) is 0 Å². The van der Waals surface area contributed by atoms with Crippen molar-refractivity contribution in [3.8, 4) is 0 Å². The third kappa shape index (κ3) is 11.1. The van der Waals surface area contributed by atoms with Gasteiger partial charge in [0, 0.05) is 13.2 Å². The molecule has 0 fully saturated rings. The van der Waals surface area contributed by atoms with Crippen molar-refractivity contribution in [1.29, 1.82) is 0 Å². The predicted octanol–water partition coefficient (Wildman–Crippen LogP) is 3.22. The van der Waals surface area contributed by atoms with E-state index in [-0.39, 0.29) is 19.3 Å². The molecule has 0 heterocycles. The van der Waals surface area contributed by atoms with Gasteiger partial charge in [-0.15, -0.1) is 4.05 Å². The normalized spacial score (nSPS) is 12.5. The van der Waals surface area contributed by atoms with Gasteiger partial charge in [-0.1, -0.05) is 26.7 Å². The van der Waals surface area contributed by atoms with Crippen molar-refractivity contribution >= 4 is 28.3 Å². The number of hydrogen-bond acceptors (Lipinski definition) is 2. The van der Waals surface area contributed by atoms with Gasteiger partial charge >= 0.3 is 19.3 Å². The Labute approximate surface area is 101 Å². The molecule has 0 spiro atoms. The molecular formula is C10H21ClMgO2. The van der Waals surface area contributed by atoms with Gasteiger partial charge in [0.2, 0.25) is 0 Å². The molecule has 0 bridgehead atoms. The highest BCUT2D eigenvalue weighted by molar-refractivity contribution is 6.94. The van der Waals surface area contributed by atoms with E-state index in [4.69, 9.17) is 18.5 Å². The van der Waals surface area contributed by atoms with E-state index in [0.717, 1.165) is 30.1 Å². The SMILES string of the molecule is CCCCOCOCCC[CH](C)[Mg][Cl]. The lowest BCUT2D eigenvalue weighted by atomic mass is 10.2. The van der Waals surface area contributed by atoms with Gasteiger partial charge in [0.1, 0.15) is 6.79 Å². The largest absolute Gasteiger partial charge is 0.504 e. The second kappa shape index (κ2) is 12.0. The van der Waals surface area contributed by atoms with Crippen LogP contribution in [0.4, 0.5) is 0 Å². The minimum atomic E-state index is -0.327. The molecule has 0 N–H and O–H groups in total. The topological polar surface area (TPSA) is 18.5 Å². The van der Waals surface area contributed by atoms with Gasteiger partial charge in [-0.3, -0.25) is 0 Å². The van der Waals surface area contributed by atoms with Crippen molar-refractivity contribution in [2.75, 3.05) is 20.0 Å². The zero-order chi connectivity index (χ0) is 10.6. The first-order valence-corrected chi connectivity index (χ1v) is 8.48. The van der Waals surface area contributed by atoms with E-state index >= 15 is 0 Å². The van der Waals surface area contributed by atoms with Crippen LogP contribution in [0.1, 0.15) is 39.5 Å². The summed E-state index contributed by atoms with van der Waals surface area (Å²) in [4.78, 5) is 0. The van der Waals surface area contributed by atoms with Gasteiger partial charge in [-0.2, -0.15) is 0 Å². The minimum Gasteiger partial charge on any atom is -0.355 e. The summed E-state index contributed by atoms with van der Waals surface area (Å²) in [6, 6.07) is 0. The van der Waals surface area contributed by atoms with Crippen molar-refractivity contribution in [2.24, 2.45) is 0 Å². The molecule has 1 unspecified atom stereocenters. The molecule has 0 aromatic carbocycles. The lowest BCUT2D eigenvalue weighted by molar-refractivity contribution is -0.0552. The maximum absolute atomic E-state index is 5.82. The Morgan fingerprint density at radius 3 is 2.43 bits per heavy atom. The average molecular weight is 233 g/mol. The van der Waals surface area contributed by atoms with E-state index in [1.807, 2.05) is 0 Å². The number of unbranched alkanes of at least 4 members (excludes halogenated alkanes) is 1. The zero-order valence-electron chi connectivity index (χ0n) is 9.43. The van der Waals surface area contributed by atoms with Crippen LogP contribution >= 0.6 is 9.07 Å². The molecule has 0 aliphatic rings. The molecule has 0 saturated heterocycles. The molecule has 2 nitrogen and oxygen atoms in total. The molecule has 4 heteroatoms. The van der Waals surface area contributed by atoms with Crippen LogP contribution in [0.3, 0.4) is 0 Å². The lowest BCUT2D eigenvalue weighted by Crippen LogP contribution is -2.03. The predicted molar refractivity (Wildman–Crippen MR) is 61.9 cm³/mol. The van der Waals surface area contributed by atoms with E-state index in [1.165, 1.54) is 12.8 Å². The van der Waals surface area contributed by atoms with Crippen LogP contribution in [0.25, 0.3) is 0 Å². The van der Waals surface area contributed by atoms with E-state index in [1.54, 1.807) is 0 Å². The number of rotatable bonds is 10. The first kappa shape index (κ1) is 15.0. The van der Waals surface area contributed by atoms with Gasteiger partial charge in [-0.25, -0.2) is 0 Å². The van der Waals surface area contributed by atoms with Gasteiger partial charge in [-0.05, 0) is 12.8 Å². The quantitative estimate of drug-likeness (QED) is 0.327. The molecule has 0 aliphatic carbocycles. The molecule has 1 atom stereocenters. The Kier molecular flexibility index (Phi) is 12.9. The number of hydrogen-bond donors (Lipinski definition) is 0. The smallest absolute Gasteiger partial charge is 0.355 e. The molecule has 0 aromatic rings. The molecule has 0 radical (unpaired) electrons. The summed E-state index contributed by atoms with van der Waals surface area (Å²) in [6.07, 6.45) is 4.61.